The Morgan fingerprint density at radius 3 is 1.76 bits per heavy atom. The number of ether oxygens (including phenoxy) is 3. The number of hydrogen-bond donors (Lipinski definition) is 0. The van der Waals surface area contributed by atoms with Crippen molar-refractivity contribution in [1.82, 2.24) is 0 Å². The van der Waals surface area contributed by atoms with Gasteiger partial charge < -0.3 is 14.2 Å². The summed E-state index contributed by atoms with van der Waals surface area (Å²) in [7, 11) is 0. The van der Waals surface area contributed by atoms with E-state index in [1.54, 1.807) is 18.2 Å². The van der Waals surface area contributed by atoms with Gasteiger partial charge in [0.25, 0.3) is 0 Å². The van der Waals surface area contributed by atoms with Crippen LogP contribution in [0.25, 0.3) is 11.1 Å². The van der Waals surface area contributed by atoms with E-state index in [0.29, 0.717) is 12.2 Å². The second-order valence-electron chi connectivity index (χ2n) is 12.0. The molecule has 244 valence electrons. The molecule has 0 fully saturated rings. The molecule has 0 N–H and O–H groups in total. The number of rotatable bonds is 21. The first kappa shape index (κ1) is 36.2. The van der Waals surface area contributed by atoms with Crippen molar-refractivity contribution in [2.45, 2.75) is 104 Å². The zero-order valence-electron chi connectivity index (χ0n) is 27.5. The SMILES string of the molecule is CCCCCCCCCCCCCCOc1ccc(-c2ccc(C(=O)Oc3ccc(C(=O)OC[C@@H](C)CC)c(Cl)c3)cc2)cc1. The van der Waals surface area contributed by atoms with Crippen LogP contribution in [0, 0.1) is 5.92 Å². The lowest BCUT2D eigenvalue weighted by atomic mass is 10.0. The van der Waals surface area contributed by atoms with E-state index in [2.05, 4.69) is 6.92 Å². The predicted octanol–water partition coefficient (Wildman–Crippen LogP) is 11.5. The summed E-state index contributed by atoms with van der Waals surface area (Å²) >= 11 is 6.28. The molecule has 0 aromatic heterocycles. The summed E-state index contributed by atoms with van der Waals surface area (Å²) in [5, 5.41) is 0.173. The first-order valence-electron chi connectivity index (χ1n) is 16.9. The summed E-state index contributed by atoms with van der Waals surface area (Å²) < 4.78 is 16.8. The topological polar surface area (TPSA) is 61.8 Å². The second-order valence-corrected chi connectivity index (χ2v) is 12.4. The van der Waals surface area contributed by atoms with E-state index in [9.17, 15) is 9.59 Å². The Balaban J connectivity index is 1.36. The number of carbonyl (C=O) groups is 2. The van der Waals surface area contributed by atoms with E-state index in [4.69, 9.17) is 25.8 Å². The van der Waals surface area contributed by atoms with Gasteiger partial charge in [-0.25, -0.2) is 9.59 Å². The van der Waals surface area contributed by atoms with E-state index >= 15 is 0 Å². The Bertz CT molecular complexity index is 1290. The van der Waals surface area contributed by atoms with Crippen molar-refractivity contribution in [2.75, 3.05) is 13.2 Å². The van der Waals surface area contributed by atoms with Crippen LogP contribution in [0.3, 0.4) is 0 Å². The van der Waals surface area contributed by atoms with Gasteiger partial charge in [-0.1, -0.05) is 134 Å². The minimum atomic E-state index is -0.508. The highest BCUT2D eigenvalue weighted by molar-refractivity contribution is 6.33. The van der Waals surface area contributed by atoms with Crippen LogP contribution in [0.2, 0.25) is 5.02 Å². The lowest BCUT2D eigenvalue weighted by Gasteiger charge is -2.11. The first-order valence-corrected chi connectivity index (χ1v) is 17.3. The fourth-order valence-electron chi connectivity index (χ4n) is 4.98. The van der Waals surface area contributed by atoms with Gasteiger partial charge in [0.05, 0.1) is 29.4 Å². The highest BCUT2D eigenvalue weighted by Crippen LogP contribution is 2.26. The summed E-state index contributed by atoms with van der Waals surface area (Å²) in [6, 6.07) is 19.8. The van der Waals surface area contributed by atoms with Gasteiger partial charge in [0.1, 0.15) is 11.5 Å². The molecule has 0 heterocycles. The maximum absolute atomic E-state index is 12.7. The van der Waals surface area contributed by atoms with Crippen molar-refractivity contribution in [1.29, 1.82) is 0 Å². The molecular formula is C39H51ClO5. The van der Waals surface area contributed by atoms with Crippen LogP contribution in [0.4, 0.5) is 0 Å². The molecule has 0 spiro atoms. The third-order valence-electron chi connectivity index (χ3n) is 8.14. The van der Waals surface area contributed by atoms with Crippen molar-refractivity contribution in [2.24, 2.45) is 5.92 Å². The molecule has 0 amide bonds. The number of hydrogen-bond acceptors (Lipinski definition) is 5. The third kappa shape index (κ3) is 13.3. The molecule has 5 nitrogen and oxygen atoms in total. The minimum Gasteiger partial charge on any atom is -0.494 e. The molecule has 0 aliphatic heterocycles. The number of esters is 2. The zero-order valence-corrected chi connectivity index (χ0v) is 28.2. The summed E-state index contributed by atoms with van der Waals surface area (Å²) in [5.41, 5.74) is 2.68. The lowest BCUT2D eigenvalue weighted by Crippen LogP contribution is -2.12. The van der Waals surface area contributed by atoms with Crippen LogP contribution in [0.1, 0.15) is 125 Å². The molecule has 0 bridgehead atoms. The average molecular weight is 635 g/mol. The molecule has 1 atom stereocenters. The molecule has 6 heteroatoms. The van der Waals surface area contributed by atoms with E-state index in [-0.39, 0.29) is 22.3 Å². The van der Waals surface area contributed by atoms with Crippen LogP contribution in [0.5, 0.6) is 11.5 Å². The van der Waals surface area contributed by atoms with E-state index < -0.39 is 11.9 Å². The van der Waals surface area contributed by atoms with Crippen LogP contribution in [-0.4, -0.2) is 25.2 Å². The predicted molar refractivity (Wildman–Crippen MR) is 185 cm³/mol. The standard InChI is InChI=1S/C39H51ClO5/c1-4-6-7-8-9-10-11-12-13-14-15-16-27-43-34-23-21-32(22-24-34)31-17-19-33(20-18-31)38(41)45-35-25-26-36(37(40)28-35)39(42)44-29-30(3)5-2/h17-26,28,30H,4-16,27,29H2,1-3H3/t30-/m0/s1. The van der Waals surface area contributed by atoms with Crippen LogP contribution >= 0.6 is 11.6 Å². The van der Waals surface area contributed by atoms with Gasteiger partial charge in [0, 0.05) is 6.07 Å². The molecular weight excluding hydrogens is 584 g/mol. The van der Waals surface area contributed by atoms with Gasteiger partial charge >= 0.3 is 11.9 Å². The molecule has 3 aromatic rings. The third-order valence-corrected chi connectivity index (χ3v) is 8.45. The molecule has 0 aliphatic rings. The van der Waals surface area contributed by atoms with Gasteiger partial charge in [0.2, 0.25) is 0 Å². The van der Waals surface area contributed by atoms with Crippen LogP contribution in [-0.2, 0) is 4.74 Å². The highest BCUT2D eigenvalue weighted by Gasteiger charge is 2.16. The van der Waals surface area contributed by atoms with Crippen molar-refractivity contribution in [3.05, 3.63) is 82.9 Å². The van der Waals surface area contributed by atoms with Crippen molar-refractivity contribution in [3.63, 3.8) is 0 Å². The summed E-state index contributed by atoms with van der Waals surface area (Å²) in [6.45, 7) is 7.39. The largest absolute Gasteiger partial charge is 0.494 e. The fraction of sp³-hybridized carbons (Fsp3) is 0.487. The monoisotopic (exact) mass is 634 g/mol. The number of carbonyl (C=O) groups excluding carboxylic acids is 2. The molecule has 3 rings (SSSR count). The van der Waals surface area contributed by atoms with Gasteiger partial charge in [-0.05, 0) is 59.9 Å². The Hall–Kier alpha value is -3.31. The van der Waals surface area contributed by atoms with Crippen LogP contribution in [0.15, 0.2) is 66.7 Å². The van der Waals surface area contributed by atoms with Crippen LogP contribution < -0.4 is 9.47 Å². The molecule has 3 aromatic carbocycles. The second kappa shape index (κ2) is 20.7. The van der Waals surface area contributed by atoms with E-state index in [1.807, 2.05) is 50.2 Å². The quantitative estimate of drug-likeness (QED) is 0.0662. The van der Waals surface area contributed by atoms with Crippen molar-refractivity contribution >= 4 is 23.5 Å². The zero-order chi connectivity index (χ0) is 32.3. The van der Waals surface area contributed by atoms with E-state index in [0.717, 1.165) is 36.3 Å². The molecule has 0 saturated carbocycles. The molecule has 45 heavy (non-hydrogen) atoms. The first-order chi connectivity index (χ1) is 21.9. The molecule has 0 aliphatic carbocycles. The Morgan fingerprint density at radius 1 is 0.667 bits per heavy atom. The number of benzene rings is 3. The lowest BCUT2D eigenvalue weighted by molar-refractivity contribution is 0.0447. The minimum absolute atomic E-state index is 0.173. The molecule has 0 radical (unpaired) electrons. The fourth-order valence-corrected chi connectivity index (χ4v) is 5.23. The average Bonchev–Trinajstić information content (AvgIpc) is 3.06. The Kier molecular flexibility index (Phi) is 16.6. The summed E-state index contributed by atoms with van der Waals surface area (Å²) in [6.07, 6.45) is 16.9. The Labute approximate surface area is 275 Å². The van der Waals surface area contributed by atoms with Gasteiger partial charge in [-0.15, -0.1) is 0 Å². The summed E-state index contributed by atoms with van der Waals surface area (Å²) in [4.78, 5) is 25.1. The Morgan fingerprint density at radius 2 is 1.20 bits per heavy atom. The van der Waals surface area contributed by atoms with E-state index in [1.165, 1.54) is 82.8 Å². The molecule has 0 saturated heterocycles. The number of unbranched alkanes of at least 4 members (excludes halogenated alkanes) is 11. The maximum Gasteiger partial charge on any atom is 0.343 e. The van der Waals surface area contributed by atoms with Crippen molar-refractivity contribution in [3.8, 4) is 22.6 Å². The van der Waals surface area contributed by atoms with Gasteiger partial charge in [-0.3, -0.25) is 0 Å². The van der Waals surface area contributed by atoms with Gasteiger partial charge in [0.15, 0.2) is 0 Å². The number of halogens is 1. The smallest absolute Gasteiger partial charge is 0.343 e. The summed E-state index contributed by atoms with van der Waals surface area (Å²) in [5.74, 6) is 0.396. The normalized spacial score (nSPS) is 11.6. The van der Waals surface area contributed by atoms with Crippen molar-refractivity contribution < 1.29 is 23.8 Å². The maximum atomic E-state index is 12.7. The highest BCUT2D eigenvalue weighted by atomic mass is 35.5. The van der Waals surface area contributed by atoms with Gasteiger partial charge in [-0.2, -0.15) is 0 Å². The molecule has 0 unspecified atom stereocenters.